The number of alkyl halides is 1. The molecule has 184 valence electrons. The molecule has 35 heavy (non-hydrogen) atoms. The minimum atomic E-state index is -1.34. The van der Waals surface area contributed by atoms with E-state index in [0.29, 0.717) is 36.2 Å². The molecule has 4 aromatic rings. The van der Waals surface area contributed by atoms with Crippen molar-refractivity contribution in [2.45, 2.75) is 52.2 Å². The number of aryl methyl sites for hydroxylation is 2. The van der Waals surface area contributed by atoms with Crippen LogP contribution in [0.5, 0.6) is 0 Å². The highest BCUT2D eigenvalue weighted by Crippen LogP contribution is 2.31. The maximum absolute atomic E-state index is 15.1. The molecule has 8 nitrogen and oxygen atoms in total. The average molecular weight is 483 g/mol. The van der Waals surface area contributed by atoms with Crippen LogP contribution in [0.2, 0.25) is 0 Å². The zero-order valence-corrected chi connectivity index (χ0v) is 20.0. The molecule has 3 aromatic heterocycles. The van der Waals surface area contributed by atoms with Crippen molar-refractivity contribution in [3.05, 3.63) is 47.7 Å². The van der Waals surface area contributed by atoms with Gasteiger partial charge in [-0.25, -0.2) is 23.1 Å². The first-order valence-electron chi connectivity index (χ1n) is 11.9. The van der Waals surface area contributed by atoms with Crippen molar-refractivity contribution >= 4 is 22.6 Å². The van der Waals surface area contributed by atoms with Gasteiger partial charge in [-0.15, -0.1) is 0 Å². The van der Waals surface area contributed by atoms with Crippen molar-refractivity contribution in [3.63, 3.8) is 0 Å². The van der Waals surface area contributed by atoms with Crippen LogP contribution in [0.4, 0.5) is 13.6 Å². The Kier molecular flexibility index (Phi) is 6.12. The lowest BCUT2D eigenvalue weighted by Crippen LogP contribution is -2.46. The van der Waals surface area contributed by atoms with E-state index >= 15 is 8.78 Å². The lowest BCUT2D eigenvalue weighted by Gasteiger charge is -2.34. The summed E-state index contributed by atoms with van der Waals surface area (Å²) in [6.45, 7) is 6.45. The van der Waals surface area contributed by atoms with E-state index in [9.17, 15) is 4.79 Å². The van der Waals surface area contributed by atoms with Gasteiger partial charge in [-0.05, 0) is 50.5 Å². The molecule has 0 spiro atoms. The third-order valence-corrected chi connectivity index (χ3v) is 6.43. The zero-order chi connectivity index (χ0) is 24.7. The number of carbonyl (C=O) groups excluding carboxylic acids is 1. The smallest absolute Gasteiger partial charge is 0.409 e. The number of ether oxygens (including phenoxy) is 1. The fourth-order valence-electron chi connectivity index (χ4n) is 4.57. The maximum atomic E-state index is 15.1. The van der Waals surface area contributed by atoms with Gasteiger partial charge in [-0.2, -0.15) is 10.2 Å². The number of likely N-dealkylation sites (tertiary alicyclic amines) is 1. The van der Waals surface area contributed by atoms with Crippen molar-refractivity contribution in [2.75, 3.05) is 19.7 Å². The quantitative estimate of drug-likeness (QED) is 0.373. The van der Waals surface area contributed by atoms with Crippen molar-refractivity contribution in [1.29, 1.82) is 0 Å². The fraction of sp³-hybridized carbons (Fsp3) is 0.440. The summed E-state index contributed by atoms with van der Waals surface area (Å²) in [7, 11) is 0. The standard InChI is InChI=1S/C25H28F2N6O2/c1-4-5-8-35-25(34)31-7-6-22(20(27)14-31)32-13-18-10-17(11-19(26)23(18)30-32)21-9-15(2)24-28-16(3)12-33(24)29-21/h9-13,20,22H,4-8,14H2,1-3H3. The summed E-state index contributed by atoms with van der Waals surface area (Å²) < 4.78 is 38.5. The summed E-state index contributed by atoms with van der Waals surface area (Å²) >= 11 is 0. The van der Waals surface area contributed by atoms with Crippen molar-refractivity contribution in [2.24, 2.45) is 0 Å². The van der Waals surface area contributed by atoms with E-state index in [2.05, 4.69) is 15.2 Å². The summed E-state index contributed by atoms with van der Waals surface area (Å²) in [6, 6.07) is 4.50. The highest BCUT2D eigenvalue weighted by molar-refractivity contribution is 5.84. The Morgan fingerprint density at radius 3 is 2.80 bits per heavy atom. The zero-order valence-electron chi connectivity index (χ0n) is 20.0. The monoisotopic (exact) mass is 482 g/mol. The minimum absolute atomic E-state index is 0.0763. The highest BCUT2D eigenvalue weighted by Gasteiger charge is 2.34. The van der Waals surface area contributed by atoms with Crippen molar-refractivity contribution < 1.29 is 18.3 Å². The summed E-state index contributed by atoms with van der Waals surface area (Å²) in [5.41, 5.74) is 3.93. The molecule has 1 aliphatic heterocycles. The molecule has 10 heteroatoms. The number of hydrogen-bond donors (Lipinski definition) is 0. The first kappa shape index (κ1) is 23.2. The van der Waals surface area contributed by atoms with Crippen molar-refractivity contribution in [3.8, 4) is 11.3 Å². The Bertz CT molecular complexity index is 1400. The van der Waals surface area contributed by atoms with E-state index in [1.54, 1.807) is 10.7 Å². The van der Waals surface area contributed by atoms with Crippen LogP contribution in [0, 0.1) is 19.7 Å². The van der Waals surface area contributed by atoms with Crippen LogP contribution in [0.15, 0.2) is 30.6 Å². The van der Waals surface area contributed by atoms with Gasteiger partial charge >= 0.3 is 6.09 Å². The molecule has 0 bridgehead atoms. The normalized spacial score (nSPS) is 18.5. The number of carbonyl (C=O) groups is 1. The van der Waals surface area contributed by atoms with E-state index in [-0.39, 0.29) is 12.1 Å². The van der Waals surface area contributed by atoms with Gasteiger partial charge in [0.2, 0.25) is 0 Å². The Hall–Kier alpha value is -3.56. The van der Waals surface area contributed by atoms with E-state index in [1.165, 1.54) is 15.6 Å². The molecular weight excluding hydrogens is 454 g/mol. The molecular formula is C25H28F2N6O2. The number of amides is 1. The van der Waals surface area contributed by atoms with Gasteiger partial charge in [-0.3, -0.25) is 4.68 Å². The minimum Gasteiger partial charge on any atom is -0.449 e. The molecule has 0 aliphatic carbocycles. The van der Waals surface area contributed by atoms with Crippen LogP contribution in [-0.2, 0) is 4.74 Å². The predicted molar refractivity (Wildman–Crippen MR) is 128 cm³/mol. The van der Waals surface area contributed by atoms with Gasteiger partial charge in [-0.1, -0.05) is 13.3 Å². The van der Waals surface area contributed by atoms with E-state index in [4.69, 9.17) is 4.74 Å². The van der Waals surface area contributed by atoms with Gasteiger partial charge in [0.05, 0.1) is 36.8 Å². The van der Waals surface area contributed by atoms with Crippen LogP contribution >= 0.6 is 0 Å². The lowest BCUT2D eigenvalue weighted by molar-refractivity contribution is 0.0548. The fourth-order valence-corrected chi connectivity index (χ4v) is 4.57. The van der Waals surface area contributed by atoms with Gasteiger partial charge < -0.3 is 9.64 Å². The van der Waals surface area contributed by atoms with Crippen LogP contribution in [-0.4, -0.2) is 61.2 Å². The largest absolute Gasteiger partial charge is 0.449 e. The molecule has 1 aliphatic rings. The molecule has 2 unspecified atom stereocenters. The van der Waals surface area contributed by atoms with E-state index in [0.717, 1.165) is 29.7 Å². The third-order valence-electron chi connectivity index (χ3n) is 6.43. The number of imidazole rings is 1. The van der Waals surface area contributed by atoms with Crippen LogP contribution in [0.3, 0.4) is 0 Å². The number of hydrogen-bond acceptors (Lipinski definition) is 5. The van der Waals surface area contributed by atoms with Crippen LogP contribution in [0.1, 0.15) is 43.5 Å². The number of piperidine rings is 1. The first-order valence-corrected chi connectivity index (χ1v) is 11.9. The van der Waals surface area contributed by atoms with Crippen LogP contribution in [0.25, 0.3) is 27.8 Å². The summed E-state index contributed by atoms with van der Waals surface area (Å²) in [6.07, 6.45) is 3.72. The molecule has 5 rings (SSSR count). The molecule has 1 fully saturated rings. The maximum Gasteiger partial charge on any atom is 0.409 e. The van der Waals surface area contributed by atoms with Gasteiger partial charge in [0.15, 0.2) is 11.5 Å². The molecule has 2 atom stereocenters. The Labute approximate surface area is 201 Å². The Morgan fingerprint density at radius 1 is 1.20 bits per heavy atom. The second kappa shape index (κ2) is 9.24. The molecule has 0 radical (unpaired) electrons. The lowest BCUT2D eigenvalue weighted by atomic mass is 10.0. The van der Waals surface area contributed by atoms with Gasteiger partial charge in [0.1, 0.15) is 11.7 Å². The summed E-state index contributed by atoms with van der Waals surface area (Å²) in [5, 5.41) is 9.50. The second-order valence-corrected chi connectivity index (χ2v) is 9.15. The SMILES string of the molecule is CCCCOC(=O)N1CCC(n2cc3cc(-c4cc(C)c5nc(C)cn5n4)cc(F)c3n2)C(F)C1. The molecule has 1 saturated heterocycles. The predicted octanol–water partition coefficient (Wildman–Crippen LogP) is 5.02. The molecule has 4 heterocycles. The number of unbranched alkanes of at least 4 members (excludes halogenated alkanes) is 1. The van der Waals surface area contributed by atoms with Crippen LogP contribution < -0.4 is 0 Å². The topological polar surface area (TPSA) is 77.5 Å². The average Bonchev–Trinajstić information content (AvgIpc) is 3.42. The molecule has 1 aromatic carbocycles. The Balaban J connectivity index is 1.39. The van der Waals surface area contributed by atoms with Gasteiger partial charge in [0, 0.05) is 23.7 Å². The third kappa shape index (κ3) is 4.44. The van der Waals surface area contributed by atoms with E-state index < -0.39 is 24.1 Å². The summed E-state index contributed by atoms with van der Waals surface area (Å²) in [5.74, 6) is -0.495. The number of aromatic nitrogens is 5. The number of rotatable bonds is 5. The second-order valence-electron chi connectivity index (χ2n) is 9.15. The molecule has 1 amide bonds. The summed E-state index contributed by atoms with van der Waals surface area (Å²) in [4.78, 5) is 18.0. The molecule has 0 N–H and O–H groups in total. The van der Waals surface area contributed by atoms with E-state index in [1.807, 2.05) is 39.1 Å². The van der Waals surface area contributed by atoms with Gasteiger partial charge in [0.25, 0.3) is 0 Å². The number of benzene rings is 1. The number of halogens is 2. The number of nitrogens with zero attached hydrogens (tertiary/aromatic N) is 6. The first-order chi connectivity index (χ1) is 16.8. The van der Waals surface area contributed by atoms with Crippen molar-refractivity contribution in [1.82, 2.24) is 29.3 Å². The number of fused-ring (bicyclic) bond motifs is 2. The highest BCUT2D eigenvalue weighted by atomic mass is 19.1. The Morgan fingerprint density at radius 2 is 2.03 bits per heavy atom. The molecule has 0 saturated carbocycles.